The lowest BCUT2D eigenvalue weighted by molar-refractivity contribution is -0.127. The maximum atomic E-state index is 13.5. The van der Waals surface area contributed by atoms with Crippen molar-refractivity contribution in [2.24, 2.45) is 5.41 Å². The second kappa shape index (κ2) is 11.6. The number of methoxy groups -OCH3 is 2. The van der Waals surface area contributed by atoms with Gasteiger partial charge in [0.2, 0.25) is 11.8 Å². The fourth-order valence-corrected chi connectivity index (χ4v) is 3.45. The Kier molecular flexibility index (Phi) is 9.14. The monoisotopic (exact) mass is 456 g/mol. The van der Waals surface area contributed by atoms with Gasteiger partial charge in [-0.3, -0.25) is 9.59 Å². The average Bonchev–Trinajstić information content (AvgIpc) is 2.79. The number of anilines is 2. The van der Waals surface area contributed by atoms with Gasteiger partial charge in [-0.2, -0.15) is 0 Å². The Morgan fingerprint density at radius 3 is 2.03 bits per heavy atom. The van der Waals surface area contributed by atoms with E-state index in [1.807, 2.05) is 20.8 Å². The van der Waals surface area contributed by atoms with Crippen molar-refractivity contribution in [2.45, 2.75) is 47.0 Å². The predicted molar refractivity (Wildman–Crippen MR) is 131 cm³/mol. The average molecular weight is 457 g/mol. The Bertz CT molecular complexity index is 935. The molecule has 0 aliphatic rings. The van der Waals surface area contributed by atoms with Crippen molar-refractivity contribution >= 4 is 23.2 Å². The van der Waals surface area contributed by atoms with Crippen molar-refractivity contribution in [3.05, 3.63) is 42.5 Å². The zero-order valence-electron chi connectivity index (χ0n) is 20.6. The lowest BCUT2D eigenvalue weighted by atomic mass is 9.94. The van der Waals surface area contributed by atoms with Gasteiger partial charge in [0, 0.05) is 29.4 Å². The summed E-state index contributed by atoms with van der Waals surface area (Å²) in [6, 6.07) is 11.7. The quantitative estimate of drug-likeness (QED) is 0.508. The van der Waals surface area contributed by atoms with Crippen LogP contribution in [0.4, 0.5) is 11.4 Å². The second-order valence-corrected chi connectivity index (χ2v) is 8.95. The summed E-state index contributed by atoms with van der Waals surface area (Å²) in [5, 5.41) is 9.66. The standard InChI is InChI=1S/C26H36N2O5/c1-7-8-9-16-27(19-10-13-21(29)14-11-19)24(30)18-28(25(31)26(2,3)4)20-12-15-22(32-5)23(17-20)33-6/h10-15,17,29H,7-9,16,18H2,1-6H3. The Balaban J connectivity index is 2.42. The maximum absolute atomic E-state index is 13.5. The number of carbonyl (C=O) groups excluding carboxylic acids is 2. The lowest BCUT2D eigenvalue weighted by Gasteiger charge is -2.32. The molecule has 0 spiro atoms. The molecule has 2 aromatic carbocycles. The summed E-state index contributed by atoms with van der Waals surface area (Å²) in [7, 11) is 3.08. The summed E-state index contributed by atoms with van der Waals surface area (Å²) in [5.41, 5.74) is 0.545. The first-order valence-corrected chi connectivity index (χ1v) is 11.3. The molecule has 0 saturated heterocycles. The third-order valence-corrected chi connectivity index (χ3v) is 5.31. The smallest absolute Gasteiger partial charge is 0.247 e. The molecule has 2 amide bonds. The van der Waals surface area contributed by atoms with Crippen molar-refractivity contribution < 1.29 is 24.2 Å². The van der Waals surface area contributed by atoms with E-state index in [0.717, 1.165) is 19.3 Å². The van der Waals surface area contributed by atoms with Crippen LogP contribution in [0.15, 0.2) is 42.5 Å². The minimum atomic E-state index is -0.695. The number of nitrogens with zero attached hydrogens (tertiary/aromatic N) is 2. The molecule has 0 saturated carbocycles. The van der Waals surface area contributed by atoms with Crippen molar-refractivity contribution in [3.8, 4) is 17.2 Å². The van der Waals surface area contributed by atoms with Crippen LogP contribution < -0.4 is 19.3 Å². The first kappa shape index (κ1) is 26.0. The van der Waals surface area contributed by atoms with Crippen LogP contribution in [0.5, 0.6) is 17.2 Å². The Labute approximate surface area is 196 Å². The molecular weight excluding hydrogens is 420 g/mol. The molecule has 0 fully saturated rings. The van der Waals surface area contributed by atoms with Gasteiger partial charge >= 0.3 is 0 Å². The fraction of sp³-hybridized carbons (Fsp3) is 0.462. The molecule has 0 radical (unpaired) electrons. The SMILES string of the molecule is CCCCCN(C(=O)CN(C(=O)C(C)(C)C)c1ccc(OC)c(OC)c1)c1ccc(O)cc1. The highest BCUT2D eigenvalue weighted by Gasteiger charge is 2.31. The third kappa shape index (κ3) is 6.88. The van der Waals surface area contributed by atoms with Crippen LogP contribution in [-0.4, -0.2) is 44.2 Å². The van der Waals surface area contributed by atoms with Gasteiger partial charge in [0.05, 0.1) is 14.2 Å². The van der Waals surface area contributed by atoms with E-state index in [-0.39, 0.29) is 24.1 Å². The summed E-state index contributed by atoms with van der Waals surface area (Å²) >= 11 is 0. The molecule has 33 heavy (non-hydrogen) atoms. The normalized spacial score (nSPS) is 11.1. The number of phenols is 1. The summed E-state index contributed by atoms with van der Waals surface area (Å²) in [6.07, 6.45) is 2.85. The summed E-state index contributed by atoms with van der Waals surface area (Å²) in [5.74, 6) is 0.773. The van der Waals surface area contributed by atoms with E-state index >= 15 is 0 Å². The molecule has 7 heteroatoms. The predicted octanol–water partition coefficient (Wildman–Crippen LogP) is 5.01. The van der Waals surface area contributed by atoms with Gasteiger partial charge < -0.3 is 24.4 Å². The minimum Gasteiger partial charge on any atom is -0.508 e. The van der Waals surface area contributed by atoms with E-state index in [1.165, 1.54) is 12.0 Å². The number of hydrogen-bond donors (Lipinski definition) is 1. The number of carbonyl (C=O) groups is 2. The van der Waals surface area contributed by atoms with Crippen LogP contribution in [-0.2, 0) is 9.59 Å². The van der Waals surface area contributed by atoms with Gasteiger partial charge in [-0.05, 0) is 42.8 Å². The fourth-order valence-electron chi connectivity index (χ4n) is 3.45. The van der Waals surface area contributed by atoms with E-state index < -0.39 is 5.41 Å². The Hall–Kier alpha value is -3.22. The number of amides is 2. The Morgan fingerprint density at radius 2 is 1.48 bits per heavy atom. The second-order valence-electron chi connectivity index (χ2n) is 8.95. The molecule has 2 aromatic rings. The minimum absolute atomic E-state index is 0.126. The van der Waals surface area contributed by atoms with Crippen LogP contribution in [0.3, 0.4) is 0 Å². The topological polar surface area (TPSA) is 79.3 Å². The highest BCUT2D eigenvalue weighted by Crippen LogP contribution is 2.33. The lowest BCUT2D eigenvalue weighted by Crippen LogP contribution is -2.47. The van der Waals surface area contributed by atoms with Crippen molar-refractivity contribution in [2.75, 3.05) is 37.1 Å². The number of rotatable bonds is 10. The molecule has 1 N–H and O–H groups in total. The number of aromatic hydroxyl groups is 1. The van der Waals surface area contributed by atoms with E-state index in [4.69, 9.17) is 9.47 Å². The van der Waals surface area contributed by atoms with Gasteiger partial charge in [0.1, 0.15) is 12.3 Å². The molecule has 0 heterocycles. The van der Waals surface area contributed by atoms with Crippen LogP contribution in [0.25, 0.3) is 0 Å². The van der Waals surface area contributed by atoms with Gasteiger partial charge in [0.15, 0.2) is 11.5 Å². The zero-order valence-corrected chi connectivity index (χ0v) is 20.6. The molecule has 2 rings (SSSR count). The van der Waals surface area contributed by atoms with Crippen LogP contribution in [0.2, 0.25) is 0 Å². The number of unbranched alkanes of at least 4 members (excludes halogenated alkanes) is 2. The molecule has 0 bridgehead atoms. The zero-order chi connectivity index (χ0) is 24.6. The van der Waals surface area contributed by atoms with Crippen molar-refractivity contribution in [1.82, 2.24) is 0 Å². The maximum Gasteiger partial charge on any atom is 0.247 e. The molecule has 0 atom stereocenters. The largest absolute Gasteiger partial charge is 0.508 e. The first-order chi connectivity index (χ1) is 15.6. The van der Waals surface area contributed by atoms with Crippen molar-refractivity contribution in [1.29, 1.82) is 0 Å². The molecule has 0 aliphatic carbocycles. The van der Waals surface area contributed by atoms with Crippen LogP contribution in [0.1, 0.15) is 47.0 Å². The van der Waals surface area contributed by atoms with Crippen LogP contribution >= 0.6 is 0 Å². The number of benzene rings is 2. The molecule has 0 aromatic heterocycles. The van der Waals surface area contributed by atoms with E-state index in [1.54, 1.807) is 54.5 Å². The van der Waals surface area contributed by atoms with Gasteiger partial charge in [-0.25, -0.2) is 0 Å². The van der Waals surface area contributed by atoms with Crippen LogP contribution in [0, 0.1) is 5.41 Å². The van der Waals surface area contributed by atoms with Gasteiger partial charge in [-0.1, -0.05) is 40.5 Å². The highest BCUT2D eigenvalue weighted by atomic mass is 16.5. The van der Waals surface area contributed by atoms with Gasteiger partial charge in [0.25, 0.3) is 0 Å². The van der Waals surface area contributed by atoms with E-state index in [9.17, 15) is 14.7 Å². The highest BCUT2D eigenvalue weighted by molar-refractivity contribution is 6.05. The molecule has 180 valence electrons. The number of hydrogen-bond acceptors (Lipinski definition) is 5. The molecule has 0 unspecified atom stereocenters. The van der Waals surface area contributed by atoms with Crippen molar-refractivity contribution in [3.63, 3.8) is 0 Å². The third-order valence-electron chi connectivity index (χ3n) is 5.31. The summed E-state index contributed by atoms with van der Waals surface area (Å²) < 4.78 is 10.7. The molecule has 7 nitrogen and oxygen atoms in total. The summed E-state index contributed by atoms with van der Waals surface area (Å²) in [4.78, 5) is 30.1. The van der Waals surface area contributed by atoms with E-state index in [0.29, 0.717) is 29.4 Å². The first-order valence-electron chi connectivity index (χ1n) is 11.3. The number of ether oxygens (including phenoxy) is 2. The summed E-state index contributed by atoms with van der Waals surface area (Å²) in [6.45, 7) is 7.98. The van der Waals surface area contributed by atoms with Gasteiger partial charge in [-0.15, -0.1) is 0 Å². The Morgan fingerprint density at radius 1 is 0.879 bits per heavy atom. The molecular formula is C26H36N2O5. The molecule has 0 aliphatic heterocycles. The number of phenolic OH excluding ortho intramolecular Hbond substituents is 1. The van der Waals surface area contributed by atoms with E-state index in [2.05, 4.69) is 6.92 Å².